The first-order valence-electron chi connectivity index (χ1n) is 7.81. The van der Waals surface area contributed by atoms with Gasteiger partial charge in [0.15, 0.2) is 0 Å². The van der Waals surface area contributed by atoms with E-state index in [0.717, 1.165) is 0 Å². The summed E-state index contributed by atoms with van der Waals surface area (Å²) in [7, 11) is 0. The van der Waals surface area contributed by atoms with Crippen LogP contribution in [-0.2, 0) is 4.79 Å². The van der Waals surface area contributed by atoms with Crippen LogP contribution in [0.1, 0.15) is 19.8 Å². The lowest BCUT2D eigenvalue weighted by Crippen LogP contribution is -2.42. The summed E-state index contributed by atoms with van der Waals surface area (Å²) in [6.07, 6.45) is -3.52. The third kappa shape index (κ3) is 5.36. The number of piperidine rings is 1. The number of rotatable bonds is 5. The minimum Gasteiger partial charge on any atom is -0.492 e. The molecule has 2 rings (SSSR count). The number of halogens is 4. The lowest BCUT2D eigenvalue weighted by atomic mass is 9.95. The van der Waals surface area contributed by atoms with Crippen molar-refractivity contribution < 1.29 is 27.1 Å². The van der Waals surface area contributed by atoms with Crippen LogP contribution in [0.2, 0.25) is 0 Å². The van der Waals surface area contributed by atoms with Crippen LogP contribution in [0.3, 0.4) is 0 Å². The standard InChI is InChI=1S/C16H20F4N2O2/c1-2-24-14-9-12(17)3-4-13(14)21-15(23)11-5-7-22(8-6-11)10-16(18,19)20/h3-4,9,11H,2,5-8,10H2,1H3,(H,21,23). The molecular formula is C16H20F4N2O2. The fraction of sp³-hybridized carbons (Fsp3) is 0.562. The molecule has 4 nitrogen and oxygen atoms in total. The third-order valence-electron chi connectivity index (χ3n) is 3.86. The smallest absolute Gasteiger partial charge is 0.401 e. The normalized spacial score (nSPS) is 16.9. The SMILES string of the molecule is CCOc1cc(F)ccc1NC(=O)C1CCN(CC(F)(F)F)CC1. The molecule has 0 bridgehead atoms. The Bertz CT molecular complexity index is 570. The highest BCUT2D eigenvalue weighted by Crippen LogP contribution is 2.28. The predicted octanol–water partition coefficient (Wildman–Crippen LogP) is 3.44. The van der Waals surface area contributed by atoms with Crippen LogP contribution < -0.4 is 10.1 Å². The molecule has 0 unspecified atom stereocenters. The molecule has 0 saturated carbocycles. The summed E-state index contributed by atoms with van der Waals surface area (Å²) >= 11 is 0. The Balaban J connectivity index is 1.92. The van der Waals surface area contributed by atoms with E-state index in [-0.39, 0.29) is 30.7 Å². The number of hydrogen-bond donors (Lipinski definition) is 1. The zero-order valence-corrected chi connectivity index (χ0v) is 13.3. The highest BCUT2D eigenvalue weighted by molar-refractivity contribution is 5.94. The lowest BCUT2D eigenvalue weighted by Gasteiger charge is -2.31. The molecule has 24 heavy (non-hydrogen) atoms. The van der Waals surface area contributed by atoms with Crippen molar-refractivity contribution in [2.75, 3.05) is 31.6 Å². The van der Waals surface area contributed by atoms with E-state index in [9.17, 15) is 22.4 Å². The minimum atomic E-state index is -4.23. The van der Waals surface area contributed by atoms with Crippen LogP contribution in [0.15, 0.2) is 18.2 Å². The highest BCUT2D eigenvalue weighted by Gasteiger charge is 2.34. The summed E-state index contributed by atoms with van der Waals surface area (Å²) in [4.78, 5) is 13.6. The molecule has 1 saturated heterocycles. The zero-order valence-electron chi connectivity index (χ0n) is 13.3. The Labute approximate surface area is 137 Å². The molecular weight excluding hydrogens is 328 g/mol. The van der Waals surface area contributed by atoms with Crippen LogP contribution in [0.25, 0.3) is 0 Å². The molecule has 1 heterocycles. The largest absolute Gasteiger partial charge is 0.492 e. The second kappa shape index (κ2) is 7.83. The van der Waals surface area contributed by atoms with Gasteiger partial charge in [0, 0.05) is 12.0 Å². The van der Waals surface area contributed by atoms with E-state index in [0.29, 0.717) is 25.1 Å². The number of benzene rings is 1. The molecule has 1 aromatic rings. The van der Waals surface area contributed by atoms with Gasteiger partial charge in [-0.1, -0.05) is 0 Å². The van der Waals surface area contributed by atoms with Gasteiger partial charge >= 0.3 is 6.18 Å². The van der Waals surface area contributed by atoms with Crippen molar-refractivity contribution in [2.24, 2.45) is 5.92 Å². The number of carbonyl (C=O) groups excluding carboxylic acids is 1. The van der Waals surface area contributed by atoms with E-state index in [1.165, 1.54) is 23.1 Å². The number of alkyl halides is 3. The lowest BCUT2D eigenvalue weighted by molar-refractivity contribution is -0.149. The van der Waals surface area contributed by atoms with Gasteiger partial charge in [-0.25, -0.2) is 4.39 Å². The molecule has 0 atom stereocenters. The van der Waals surface area contributed by atoms with E-state index in [1.807, 2.05) is 0 Å². The van der Waals surface area contributed by atoms with Crippen molar-refractivity contribution in [1.82, 2.24) is 4.90 Å². The van der Waals surface area contributed by atoms with E-state index >= 15 is 0 Å². The van der Waals surface area contributed by atoms with Gasteiger partial charge in [0.25, 0.3) is 0 Å². The van der Waals surface area contributed by atoms with Crippen LogP contribution in [-0.4, -0.2) is 43.2 Å². The van der Waals surface area contributed by atoms with E-state index in [1.54, 1.807) is 6.92 Å². The summed E-state index contributed by atoms with van der Waals surface area (Å²) < 4.78 is 55.6. The maximum Gasteiger partial charge on any atom is 0.401 e. The van der Waals surface area contributed by atoms with Crippen molar-refractivity contribution in [2.45, 2.75) is 25.9 Å². The fourth-order valence-corrected chi connectivity index (χ4v) is 2.72. The van der Waals surface area contributed by atoms with Crippen molar-refractivity contribution in [3.05, 3.63) is 24.0 Å². The van der Waals surface area contributed by atoms with Gasteiger partial charge in [0.1, 0.15) is 11.6 Å². The monoisotopic (exact) mass is 348 g/mol. The van der Waals surface area contributed by atoms with E-state index < -0.39 is 18.5 Å². The Hall–Kier alpha value is -1.83. The van der Waals surface area contributed by atoms with E-state index in [2.05, 4.69) is 5.32 Å². The maximum atomic E-state index is 13.3. The van der Waals surface area contributed by atoms with Crippen LogP contribution in [0.5, 0.6) is 5.75 Å². The Morgan fingerprint density at radius 2 is 2.00 bits per heavy atom. The van der Waals surface area contributed by atoms with Gasteiger partial charge in [-0.15, -0.1) is 0 Å². The van der Waals surface area contributed by atoms with Crippen molar-refractivity contribution in [3.63, 3.8) is 0 Å². The van der Waals surface area contributed by atoms with Gasteiger partial charge in [-0.3, -0.25) is 9.69 Å². The van der Waals surface area contributed by atoms with Crippen molar-refractivity contribution in [1.29, 1.82) is 0 Å². The number of ether oxygens (including phenoxy) is 1. The first-order valence-corrected chi connectivity index (χ1v) is 7.81. The molecule has 0 aromatic heterocycles. The van der Waals surface area contributed by atoms with Gasteiger partial charge in [-0.2, -0.15) is 13.2 Å². The number of anilines is 1. The Morgan fingerprint density at radius 1 is 1.33 bits per heavy atom. The predicted molar refractivity (Wildman–Crippen MR) is 81.4 cm³/mol. The molecule has 1 amide bonds. The molecule has 0 aliphatic carbocycles. The summed E-state index contributed by atoms with van der Waals surface area (Å²) in [6, 6.07) is 3.81. The van der Waals surface area contributed by atoms with Crippen molar-refractivity contribution >= 4 is 11.6 Å². The van der Waals surface area contributed by atoms with Gasteiger partial charge in [0.2, 0.25) is 5.91 Å². The van der Waals surface area contributed by atoms with Gasteiger partial charge < -0.3 is 10.1 Å². The first kappa shape index (κ1) is 18.5. The fourth-order valence-electron chi connectivity index (χ4n) is 2.72. The summed E-state index contributed by atoms with van der Waals surface area (Å²) in [5.74, 6) is -0.888. The molecule has 134 valence electrons. The number of hydrogen-bond acceptors (Lipinski definition) is 3. The average Bonchev–Trinajstić information content (AvgIpc) is 2.49. The van der Waals surface area contributed by atoms with Crippen LogP contribution >= 0.6 is 0 Å². The average molecular weight is 348 g/mol. The minimum absolute atomic E-state index is 0.222. The molecule has 1 fully saturated rings. The maximum absolute atomic E-state index is 13.3. The number of likely N-dealkylation sites (tertiary alicyclic amines) is 1. The quantitative estimate of drug-likeness (QED) is 0.829. The second-order valence-corrected chi connectivity index (χ2v) is 5.73. The number of carbonyl (C=O) groups is 1. The third-order valence-corrected chi connectivity index (χ3v) is 3.86. The topological polar surface area (TPSA) is 41.6 Å². The zero-order chi connectivity index (χ0) is 17.7. The second-order valence-electron chi connectivity index (χ2n) is 5.73. The molecule has 1 aliphatic heterocycles. The molecule has 0 radical (unpaired) electrons. The first-order chi connectivity index (χ1) is 11.3. The van der Waals surface area contributed by atoms with Gasteiger partial charge in [0.05, 0.1) is 18.8 Å². The number of nitrogens with one attached hydrogen (secondary N) is 1. The summed E-state index contributed by atoms with van der Waals surface area (Å²) in [5.41, 5.74) is 0.362. The molecule has 1 aromatic carbocycles. The molecule has 1 N–H and O–H groups in total. The van der Waals surface area contributed by atoms with Crippen LogP contribution in [0, 0.1) is 11.7 Å². The van der Waals surface area contributed by atoms with E-state index in [4.69, 9.17) is 4.74 Å². The Kier molecular flexibility index (Phi) is 6.04. The molecule has 1 aliphatic rings. The molecule has 8 heteroatoms. The highest BCUT2D eigenvalue weighted by atomic mass is 19.4. The number of amides is 1. The summed E-state index contributed by atoms with van der Waals surface area (Å²) in [5, 5.41) is 2.68. The number of nitrogens with zero attached hydrogens (tertiary/aromatic N) is 1. The van der Waals surface area contributed by atoms with Crippen LogP contribution in [0.4, 0.5) is 23.2 Å². The Morgan fingerprint density at radius 3 is 2.58 bits per heavy atom. The summed E-state index contributed by atoms with van der Waals surface area (Å²) in [6.45, 7) is 1.56. The van der Waals surface area contributed by atoms with Crippen molar-refractivity contribution in [3.8, 4) is 5.75 Å². The van der Waals surface area contributed by atoms with Gasteiger partial charge in [-0.05, 0) is 45.0 Å². The molecule has 0 spiro atoms.